The number of carbonyl (C=O) groups excluding carboxylic acids is 1. The predicted octanol–water partition coefficient (Wildman–Crippen LogP) is 4.59. The zero-order valence-electron chi connectivity index (χ0n) is 15.7. The van der Waals surface area contributed by atoms with Crippen LogP contribution in [-0.2, 0) is 6.42 Å². The van der Waals surface area contributed by atoms with Crippen molar-refractivity contribution in [1.29, 1.82) is 0 Å². The Balaban J connectivity index is 1.67. The molecule has 0 saturated heterocycles. The van der Waals surface area contributed by atoms with Gasteiger partial charge in [0.25, 0.3) is 0 Å². The quantitative estimate of drug-likeness (QED) is 0.720. The number of hydrogen-bond acceptors (Lipinski definition) is 5. The Kier molecular flexibility index (Phi) is 4.77. The van der Waals surface area contributed by atoms with Gasteiger partial charge in [0.05, 0.1) is 29.7 Å². The molecule has 1 aliphatic rings. The number of fused-ring (bicyclic) bond motifs is 1. The summed E-state index contributed by atoms with van der Waals surface area (Å²) in [4.78, 5) is 21.8. The first kappa shape index (κ1) is 18.1. The number of aromatic nitrogens is 2. The molecular weight excluding hydrogens is 357 g/mol. The molecule has 1 heterocycles. The number of nitrogens with zero attached hydrogens (tertiary/aromatic N) is 2. The lowest BCUT2D eigenvalue weighted by molar-refractivity contribution is 0.0962. The van der Waals surface area contributed by atoms with Crippen LogP contribution in [0.3, 0.4) is 0 Å². The minimum Gasteiger partial charge on any atom is -0.495 e. The van der Waals surface area contributed by atoms with Gasteiger partial charge in [-0.05, 0) is 49.1 Å². The molecule has 0 radical (unpaired) electrons. The number of ether oxygens (including phenoxy) is 1. The smallest absolute Gasteiger partial charge is 0.227 e. The molecule has 1 aliphatic carbocycles. The number of nitrogens with one attached hydrogen (secondary N) is 1. The van der Waals surface area contributed by atoms with E-state index in [-0.39, 0.29) is 17.5 Å². The third-order valence-electron chi connectivity index (χ3n) is 5.01. The van der Waals surface area contributed by atoms with E-state index in [9.17, 15) is 9.18 Å². The van der Waals surface area contributed by atoms with Crippen molar-refractivity contribution in [2.45, 2.75) is 25.7 Å². The molecule has 0 fully saturated rings. The van der Waals surface area contributed by atoms with E-state index in [1.165, 1.54) is 12.1 Å². The molecule has 1 atom stereocenters. The summed E-state index contributed by atoms with van der Waals surface area (Å²) in [5.41, 5.74) is 3.67. The summed E-state index contributed by atoms with van der Waals surface area (Å²) in [5, 5.41) is 3.18. The third-order valence-corrected chi connectivity index (χ3v) is 5.01. The topological polar surface area (TPSA) is 64.1 Å². The zero-order valence-corrected chi connectivity index (χ0v) is 15.7. The number of aryl methyl sites for hydroxylation is 1. The number of anilines is 2. The zero-order chi connectivity index (χ0) is 19.7. The second-order valence-electron chi connectivity index (χ2n) is 6.86. The van der Waals surface area contributed by atoms with Crippen molar-refractivity contribution >= 4 is 17.4 Å². The average molecular weight is 377 g/mol. The van der Waals surface area contributed by atoms with Gasteiger partial charge in [-0.2, -0.15) is 0 Å². The molecule has 28 heavy (non-hydrogen) atoms. The maximum absolute atomic E-state index is 13.2. The highest BCUT2D eigenvalue weighted by Gasteiger charge is 2.30. The van der Waals surface area contributed by atoms with Crippen molar-refractivity contribution in [3.8, 4) is 5.75 Å². The molecule has 5 nitrogen and oxygen atoms in total. The van der Waals surface area contributed by atoms with Gasteiger partial charge < -0.3 is 10.1 Å². The first-order chi connectivity index (χ1) is 13.5. The first-order valence-electron chi connectivity index (χ1n) is 9.11. The van der Waals surface area contributed by atoms with Crippen molar-refractivity contribution in [2.75, 3.05) is 12.4 Å². The largest absolute Gasteiger partial charge is 0.495 e. The fourth-order valence-electron chi connectivity index (χ4n) is 3.67. The molecule has 142 valence electrons. The number of rotatable bonds is 4. The number of hydrogen-bond donors (Lipinski definition) is 1. The second kappa shape index (κ2) is 7.38. The van der Waals surface area contributed by atoms with E-state index in [1.54, 1.807) is 19.2 Å². The lowest BCUT2D eigenvalue weighted by Crippen LogP contribution is -2.22. The minimum atomic E-state index is -0.284. The Morgan fingerprint density at radius 1 is 1.07 bits per heavy atom. The molecule has 0 bridgehead atoms. The Hall–Kier alpha value is -3.28. The van der Waals surface area contributed by atoms with Crippen LogP contribution in [0.25, 0.3) is 0 Å². The van der Waals surface area contributed by atoms with Gasteiger partial charge in [-0.3, -0.25) is 4.79 Å². The van der Waals surface area contributed by atoms with Crippen molar-refractivity contribution in [2.24, 2.45) is 0 Å². The fraction of sp³-hybridized carbons (Fsp3) is 0.227. The van der Waals surface area contributed by atoms with Crippen LogP contribution in [0.4, 0.5) is 16.0 Å². The van der Waals surface area contributed by atoms with Gasteiger partial charge in [-0.15, -0.1) is 0 Å². The number of methoxy groups -OCH3 is 1. The standard InChI is InChI=1S/C22H20FN3O2/c1-13-21-18(11-15(12-19(21)27)14-7-9-16(23)10-8-14)26-22(24-13)25-17-5-3-4-6-20(17)28-2/h3-10,15H,11-12H2,1-2H3,(H,24,25,26). The monoisotopic (exact) mass is 377 g/mol. The number of para-hydroxylation sites is 2. The Bertz CT molecular complexity index is 1030. The summed E-state index contributed by atoms with van der Waals surface area (Å²) in [6.07, 6.45) is 0.985. The highest BCUT2D eigenvalue weighted by molar-refractivity contribution is 5.99. The molecular formula is C22H20FN3O2. The van der Waals surface area contributed by atoms with Crippen LogP contribution in [0.2, 0.25) is 0 Å². The maximum atomic E-state index is 13.2. The highest BCUT2D eigenvalue weighted by atomic mass is 19.1. The SMILES string of the molecule is COc1ccccc1Nc1nc(C)c2c(n1)CC(c1ccc(F)cc1)CC2=O. The van der Waals surface area contributed by atoms with E-state index in [2.05, 4.69) is 15.3 Å². The van der Waals surface area contributed by atoms with Gasteiger partial charge in [0.15, 0.2) is 5.78 Å². The molecule has 0 amide bonds. The molecule has 0 aliphatic heterocycles. The Labute approximate surface area is 162 Å². The van der Waals surface area contributed by atoms with E-state index in [1.807, 2.05) is 31.2 Å². The molecule has 1 unspecified atom stereocenters. The van der Waals surface area contributed by atoms with Crippen molar-refractivity contribution < 1.29 is 13.9 Å². The molecule has 4 rings (SSSR count). The Morgan fingerprint density at radius 2 is 1.82 bits per heavy atom. The molecule has 6 heteroatoms. The lowest BCUT2D eigenvalue weighted by Gasteiger charge is -2.24. The van der Waals surface area contributed by atoms with Gasteiger partial charge in [0, 0.05) is 6.42 Å². The van der Waals surface area contributed by atoms with Gasteiger partial charge in [-0.25, -0.2) is 14.4 Å². The summed E-state index contributed by atoms with van der Waals surface area (Å²) in [7, 11) is 1.60. The van der Waals surface area contributed by atoms with Gasteiger partial charge >= 0.3 is 0 Å². The number of carbonyl (C=O) groups is 1. The van der Waals surface area contributed by atoms with E-state index in [0.717, 1.165) is 16.9 Å². The fourth-order valence-corrected chi connectivity index (χ4v) is 3.67. The summed E-state index contributed by atoms with van der Waals surface area (Å²) in [5.74, 6) is 0.828. The predicted molar refractivity (Wildman–Crippen MR) is 105 cm³/mol. The second-order valence-corrected chi connectivity index (χ2v) is 6.86. The van der Waals surface area contributed by atoms with Crippen LogP contribution in [-0.4, -0.2) is 22.9 Å². The van der Waals surface area contributed by atoms with Crippen molar-refractivity contribution in [3.05, 3.63) is 76.9 Å². The number of benzene rings is 2. The van der Waals surface area contributed by atoms with Gasteiger partial charge in [-0.1, -0.05) is 24.3 Å². The Morgan fingerprint density at radius 3 is 2.57 bits per heavy atom. The molecule has 1 N–H and O–H groups in total. The van der Waals surface area contributed by atoms with Crippen LogP contribution in [0.1, 0.15) is 39.6 Å². The third kappa shape index (κ3) is 3.45. The lowest BCUT2D eigenvalue weighted by atomic mass is 9.81. The van der Waals surface area contributed by atoms with Crippen LogP contribution >= 0.6 is 0 Å². The van der Waals surface area contributed by atoms with Crippen molar-refractivity contribution in [3.63, 3.8) is 0 Å². The summed E-state index contributed by atoms with van der Waals surface area (Å²) >= 11 is 0. The molecule has 3 aromatic rings. The van der Waals surface area contributed by atoms with Crippen LogP contribution < -0.4 is 10.1 Å². The number of halogens is 1. The summed E-state index contributed by atoms with van der Waals surface area (Å²) in [6, 6.07) is 13.8. The summed E-state index contributed by atoms with van der Waals surface area (Å²) < 4.78 is 18.6. The molecule has 0 spiro atoms. The van der Waals surface area contributed by atoms with E-state index < -0.39 is 0 Å². The number of ketones is 1. The van der Waals surface area contributed by atoms with E-state index in [0.29, 0.717) is 35.8 Å². The maximum Gasteiger partial charge on any atom is 0.227 e. The summed E-state index contributed by atoms with van der Waals surface area (Å²) in [6.45, 7) is 1.82. The highest BCUT2D eigenvalue weighted by Crippen LogP contribution is 2.34. The van der Waals surface area contributed by atoms with Gasteiger partial charge in [0.1, 0.15) is 11.6 Å². The average Bonchev–Trinajstić information content (AvgIpc) is 2.68. The van der Waals surface area contributed by atoms with Crippen LogP contribution in [0, 0.1) is 12.7 Å². The van der Waals surface area contributed by atoms with Crippen molar-refractivity contribution in [1.82, 2.24) is 9.97 Å². The molecule has 2 aromatic carbocycles. The first-order valence-corrected chi connectivity index (χ1v) is 9.11. The minimum absolute atomic E-state index is 0.0194. The molecule has 1 aromatic heterocycles. The van der Waals surface area contributed by atoms with Gasteiger partial charge in [0.2, 0.25) is 5.95 Å². The molecule has 0 saturated carbocycles. The van der Waals surface area contributed by atoms with E-state index in [4.69, 9.17) is 4.74 Å². The van der Waals surface area contributed by atoms with Crippen LogP contribution in [0.5, 0.6) is 5.75 Å². The number of Topliss-reactive ketones (excluding diaryl/α,β-unsaturated/α-hetero) is 1. The van der Waals surface area contributed by atoms with E-state index >= 15 is 0 Å². The van der Waals surface area contributed by atoms with Crippen LogP contribution in [0.15, 0.2) is 48.5 Å². The normalized spacial score (nSPS) is 15.8.